The summed E-state index contributed by atoms with van der Waals surface area (Å²) in [7, 11) is 0. The lowest BCUT2D eigenvalue weighted by Crippen LogP contribution is -1.92. The van der Waals surface area contributed by atoms with Gasteiger partial charge in [0.25, 0.3) is 0 Å². The van der Waals surface area contributed by atoms with Crippen molar-refractivity contribution in [2.45, 2.75) is 32.1 Å². The van der Waals surface area contributed by atoms with E-state index in [2.05, 4.69) is 37.3 Å². The van der Waals surface area contributed by atoms with Gasteiger partial charge in [0.2, 0.25) is 0 Å². The summed E-state index contributed by atoms with van der Waals surface area (Å²) in [6.45, 7) is 2.36. The van der Waals surface area contributed by atoms with Crippen LogP contribution < -0.4 is 0 Å². The van der Waals surface area contributed by atoms with Gasteiger partial charge in [-0.1, -0.05) is 43.7 Å². The Hall–Kier alpha value is -0.780. The zero-order valence-corrected chi connectivity index (χ0v) is 7.66. The molecule has 0 bridgehead atoms. The van der Waals surface area contributed by atoms with Gasteiger partial charge >= 0.3 is 0 Å². The number of hydrogen-bond donors (Lipinski definition) is 0. The van der Waals surface area contributed by atoms with Gasteiger partial charge in [-0.3, -0.25) is 0 Å². The van der Waals surface area contributed by atoms with Gasteiger partial charge in [-0.05, 0) is 30.2 Å². The minimum Gasteiger partial charge on any atom is -0.0625 e. The van der Waals surface area contributed by atoms with E-state index in [1.54, 1.807) is 5.56 Å². The van der Waals surface area contributed by atoms with Crippen molar-refractivity contribution in [3.05, 3.63) is 35.9 Å². The van der Waals surface area contributed by atoms with Gasteiger partial charge in [-0.15, -0.1) is 0 Å². The SMILES string of the molecule is C[C@@H]1CC[C@H](c2ccccc2)C1. The second-order valence-corrected chi connectivity index (χ2v) is 4.03. The first kappa shape index (κ1) is 7.85. The molecule has 0 unspecified atom stereocenters. The zero-order valence-electron chi connectivity index (χ0n) is 7.66. The summed E-state index contributed by atoms with van der Waals surface area (Å²) in [5, 5.41) is 0. The Labute approximate surface area is 74.6 Å². The van der Waals surface area contributed by atoms with Crippen LogP contribution in [0.2, 0.25) is 0 Å². The smallest absolute Gasteiger partial charge is 0.0159 e. The van der Waals surface area contributed by atoms with Crippen LogP contribution in [0.3, 0.4) is 0 Å². The van der Waals surface area contributed by atoms with Gasteiger partial charge in [0, 0.05) is 0 Å². The molecule has 0 amide bonds. The molecular formula is C12H16. The summed E-state index contributed by atoms with van der Waals surface area (Å²) in [5.74, 6) is 1.79. The van der Waals surface area contributed by atoms with E-state index in [0.717, 1.165) is 11.8 Å². The highest BCUT2D eigenvalue weighted by Gasteiger charge is 2.21. The highest BCUT2D eigenvalue weighted by atomic mass is 14.3. The molecule has 0 aliphatic heterocycles. The van der Waals surface area contributed by atoms with Crippen LogP contribution in [0.25, 0.3) is 0 Å². The molecule has 1 fully saturated rings. The summed E-state index contributed by atoms with van der Waals surface area (Å²) in [5.41, 5.74) is 1.54. The van der Waals surface area contributed by atoms with Crippen molar-refractivity contribution >= 4 is 0 Å². The van der Waals surface area contributed by atoms with Crippen molar-refractivity contribution in [3.8, 4) is 0 Å². The molecule has 1 aliphatic carbocycles. The van der Waals surface area contributed by atoms with Crippen molar-refractivity contribution in [2.24, 2.45) is 5.92 Å². The molecule has 1 saturated carbocycles. The highest BCUT2D eigenvalue weighted by molar-refractivity contribution is 5.20. The number of rotatable bonds is 1. The van der Waals surface area contributed by atoms with E-state index in [1.807, 2.05) is 0 Å². The Morgan fingerprint density at radius 1 is 1.08 bits per heavy atom. The van der Waals surface area contributed by atoms with Crippen LogP contribution in [-0.4, -0.2) is 0 Å². The van der Waals surface area contributed by atoms with Gasteiger partial charge in [-0.2, -0.15) is 0 Å². The third-order valence-corrected chi connectivity index (χ3v) is 2.97. The molecule has 0 N–H and O–H groups in total. The summed E-state index contributed by atoms with van der Waals surface area (Å²) in [6.07, 6.45) is 4.20. The van der Waals surface area contributed by atoms with E-state index in [1.165, 1.54) is 19.3 Å². The second-order valence-electron chi connectivity index (χ2n) is 4.03. The molecule has 12 heavy (non-hydrogen) atoms. The molecule has 1 aromatic carbocycles. The maximum atomic E-state index is 2.36. The van der Waals surface area contributed by atoms with Gasteiger partial charge in [0.1, 0.15) is 0 Å². The highest BCUT2D eigenvalue weighted by Crippen LogP contribution is 2.37. The van der Waals surface area contributed by atoms with Gasteiger partial charge in [-0.25, -0.2) is 0 Å². The van der Waals surface area contributed by atoms with E-state index in [0.29, 0.717) is 0 Å². The predicted octanol–water partition coefficient (Wildman–Crippen LogP) is 3.59. The number of hydrogen-bond acceptors (Lipinski definition) is 0. The molecule has 0 spiro atoms. The van der Waals surface area contributed by atoms with Crippen molar-refractivity contribution < 1.29 is 0 Å². The topological polar surface area (TPSA) is 0 Å². The van der Waals surface area contributed by atoms with E-state index in [9.17, 15) is 0 Å². The van der Waals surface area contributed by atoms with E-state index in [-0.39, 0.29) is 0 Å². The average molecular weight is 160 g/mol. The van der Waals surface area contributed by atoms with Gasteiger partial charge in [0.05, 0.1) is 0 Å². The first-order valence-corrected chi connectivity index (χ1v) is 4.91. The summed E-state index contributed by atoms with van der Waals surface area (Å²) in [6, 6.07) is 10.9. The third kappa shape index (κ3) is 1.52. The van der Waals surface area contributed by atoms with Crippen molar-refractivity contribution in [2.75, 3.05) is 0 Å². The van der Waals surface area contributed by atoms with Gasteiger partial charge in [0.15, 0.2) is 0 Å². The largest absolute Gasteiger partial charge is 0.0625 e. The molecular weight excluding hydrogens is 144 g/mol. The summed E-state index contributed by atoms with van der Waals surface area (Å²) >= 11 is 0. The molecule has 1 aliphatic rings. The van der Waals surface area contributed by atoms with Crippen LogP contribution in [0.15, 0.2) is 30.3 Å². The maximum absolute atomic E-state index is 2.36. The van der Waals surface area contributed by atoms with Crippen molar-refractivity contribution in [1.82, 2.24) is 0 Å². The Bertz CT molecular complexity index is 237. The Kier molecular flexibility index (Phi) is 2.16. The van der Waals surface area contributed by atoms with Crippen molar-refractivity contribution in [1.29, 1.82) is 0 Å². The lowest BCUT2D eigenvalue weighted by atomic mass is 9.97. The molecule has 1 aromatic rings. The average Bonchev–Trinajstić information content (AvgIpc) is 2.54. The molecule has 0 heteroatoms. The number of benzene rings is 1. The minimum absolute atomic E-state index is 0.848. The summed E-state index contributed by atoms with van der Waals surface area (Å²) in [4.78, 5) is 0. The van der Waals surface area contributed by atoms with E-state index in [4.69, 9.17) is 0 Å². The van der Waals surface area contributed by atoms with Crippen LogP contribution in [0, 0.1) is 5.92 Å². The Balaban J connectivity index is 2.11. The molecule has 0 aromatic heterocycles. The molecule has 64 valence electrons. The van der Waals surface area contributed by atoms with E-state index < -0.39 is 0 Å². The Morgan fingerprint density at radius 2 is 1.83 bits per heavy atom. The van der Waals surface area contributed by atoms with Crippen LogP contribution in [0.4, 0.5) is 0 Å². The molecule has 0 heterocycles. The lowest BCUT2D eigenvalue weighted by Gasteiger charge is -2.08. The van der Waals surface area contributed by atoms with E-state index >= 15 is 0 Å². The second kappa shape index (κ2) is 3.30. The van der Waals surface area contributed by atoms with Crippen LogP contribution >= 0.6 is 0 Å². The zero-order chi connectivity index (χ0) is 8.39. The van der Waals surface area contributed by atoms with Crippen LogP contribution in [0.5, 0.6) is 0 Å². The first-order valence-electron chi connectivity index (χ1n) is 4.91. The van der Waals surface area contributed by atoms with Crippen LogP contribution in [-0.2, 0) is 0 Å². The molecule has 2 atom stereocenters. The van der Waals surface area contributed by atoms with Crippen molar-refractivity contribution in [3.63, 3.8) is 0 Å². The van der Waals surface area contributed by atoms with Gasteiger partial charge < -0.3 is 0 Å². The lowest BCUT2D eigenvalue weighted by molar-refractivity contribution is 0.596. The quantitative estimate of drug-likeness (QED) is 0.589. The standard InChI is InChI=1S/C12H16/c1-10-7-8-12(9-10)11-5-3-2-4-6-11/h2-6,10,12H,7-9H2,1H3/t10-,12+/m1/s1. The summed E-state index contributed by atoms with van der Waals surface area (Å²) < 4.78 is 0. The fraction of sp³-hybridized carbons (Fsp3) is 0.500. The monoisotopic (exact) mass is 160 g/mol. The molecule has 0 radical (unpaired) electrons. The minimum atomic E-state index is 0.848. The molecule has 0 saturated heterocycles. The van der Waals surface area contributed by atoms with Crippen LogP contribution in [0.1, 0.15) is 37.7 Å². The fourth-order valence-electron chi connectivity index (χ4n) is 2.24. The maximum Gasteiger partial charge on any atom is -0.0159 e. The molecule has 2 rings (SSSR count). The fourth-order valence-corrected chi connectivity index (χ4v) is 2.24. The first-order chi connectivity index (χ1) is 5.86. The Morgan fingerprint density at radius 3 is 2.42 bits per heavy atom. The third-order valence-electron chi connectivity index (χ3n) is 2.97. The normalized spacial score (nSPS) is 29.1. The predicted molar refractivity (Wildman–Crippen MR) is 52.2 cm³/mol. The molecule has 0 nitrogen and oxygen atoms in total.